The van der Waals surface area contributed by atoms with Crippen molar-refractivity contribution in [2.75, 3.05) is 0 Å². The predicted octanol–water partition coefficient (Wildman–Crippen LogP) is -0.427. The van der Waals surface area contributed by atoms with E-state index >= 15 is 0 Å². The fraction of sp³-hybridized carbons (Fsp3) is 0. The van der Waals surface area contributed by atoms with Crippen LogP contribution in [-0.2, 0) is 13.2 Å². The minimum Gasteiger partial charge on any atom is -0.580 e. The maximum absolute atomic E-state index is 9.50. The Labute approximate surface area is 45.1 Å². The van der Waals surface area contributed by atoms with Crippen LogP contribution in [0.2, 0.25) is 0 Å². The van der Waals surface area contributed by atoms with E-state index in [0.717, 1.165) is 0 Å². The Morgan fingerprint density at radius 2 is 1.71 bits per heavy atom. The Bertz CT molecular complexity index is 166. The molecule has 0 aliphatic rings. The van der Waals surface area contributed by atoms with Crippen molar-refractivity contribution in [1.29, 1.82) is 0 Å². The average molecular weight is 162 g/mol. The molecular formula is ClO4PS. The molecule has 0 heterocycles. The fourth-order valence-electron chi connectivity index (χ4n) is 0. The zero-order valence-corrected chi connectivity index (χ0v) is 5.33. The molecule has 0 bridgehead atoms. The van der Waals surface area contributed by atoms with Crippen LogP contribution in [0.1, 0.15) is 0 Å². The van der Waals surface area contributed by atoms with Crippen LogP contribution in [0.15, 0.2) is 0 Å². The highest BCUT2D eigenvalue weighted by Crippen LogP contribution is 2.22. The maximum atomic E-state index is 9.50. The normalized spacial score (nSPS) is 13.7. The van der Waals surface area contributed by atoms with Crippen molar-refractivity contribution >= 4 is 26.6 Å². The van der Waals surface area contributed by atoms with E-state index in [-0.39, 0.29) is 0 Å². The standard InChI is InChI=1S/ClO4PS/c1-7(4,5)6(2)3. The van der Waals surface area contributed by atoms with Crippen LogP contribution in [0, 0.1) is 0 Å². The predicted molar refractivity (Wildman–Crippen MR) is 22.4 cm³/mol. The number of hydrogen-bond acceptors (Lipinski definition) is 4. The van der Waals surface area contributed by atoms with Crippen molar-refractivity contribution in [3.8, 4) is 0 Å². The summed E-state index contributed by atoms with van der Waals surface area (Å²) in [7, 11) is -3.57. The van der Waals surface area contributed by atoms with Crippen LogP contribution < -0.4 is 4.89 Å². The smallest absolute Gasteiger partial charge is 0.458 e. The van der Waals surface area contributed by atoms with Crippen molar-refractivity contribution in [2.45, 2.75) is 0 Å². The van der Waals surface area contributed by atoms with Gasteiger partial charge in [-0.25, -0.2) is 0 Å². The molecule has 0 rings (SSSR count). The summed E-state index contributed by atoms with van der Waals surface area (Å²) in [5.74, 6) is 0. The molecule has 0 aromatic rings. The van der Waals surface area contributed by atoms with Gasteiger partial charge in [0.1, 0.15) is 0 Å². The van der Waals surface area contributed by atoms with Gasteiger partial charge >= 0.3 is 15.9 Å². The molecule has 4 nitrogen and oxygen atoms in total. The van der Waals surface area contributed by atoms with Crippen LogP contribution in [0.4, 0.5) is 0 Å². The van der Waals surface area contributed by atoms with Crippen LogP contribution in [0.25, 0.3) is 0 Å². The molecule has 0 aromatic carbocycles. The van der Waals surface area contributed by atoms with Crippen LogP contribution in [-0.4, -0.2) is 8.42 Å². The molecule has 0 spiro atoms. The first-order valence-electron chi connectivity index (χ1n) is 1.04. The monoisotopic (exact) mass is 162 g/mol. The Morgan fingerprint density at radius 1 is 1.57 bits per heavy atom. The van der Waals surface area contributed by atoms with Crippen molar-refractivity contribution < 1.29 is 17.9 Å². The zero-order chi connectivity index (χ0) is 6.08. The Kier molecular flexibility index (Phi) is 2.13. The van der Waals surface area contributed by atoms with Crippen molar-refractivity contribution in [1.82, 2.24) is 0 Å². The van der Waals surface area contributed by atoms with E-state index < -0.39 is 15.9 Å². The van der Waals surface area contributed by atoms with Gasteiger partial charge in [-0.05, 0) is 0 Å². The van der Waals surface area contributed by atoms with E-state index in [1.807, 2.05) is 0 Å². The lowest BCUT2D eigenvalue weighted by molar-refractivity contribution is -0.158. The first-order valence-corrected chi connectivity index (χ1v) is 5.13. The summed E-state index contributed by atoms with van der Waals surface area (Å²) in [5, 5.41) is 0. The molecule has 0 amide bonds. The van der Waals surface area contributed by atoms with Gasteiger partial charge in [-0.1, -0.05) is 4.57 Å². The van der Waals surface area contributed by atoms with Crippen LogP contribution in [0.5, 0.6) is 0 Å². The second-order valence-corrected chi connectivity index (χ2v) is 6.11. The lowest BCUT2D eigenvalue weighted by Crippen LogP contribution is -1.91. The van der Waals surface area contributed by atoms with Gasteiger partial charge in [0.2, 0.25) is 0 Å². The van der Waals surface area contributed by atoms with E-state index in [1.54, 1.807) is 0 Å². The van der Waals surface area contributed by atoms with E-state index in [1.165, 1.54) is 0 Å². The topological polar surface area (TPSA) is 74.3 Å². The van der Waals surface area contributed by atoms with Crippen molar-refractivity contribution in [3.05, 3.63) is 0 Å². The van der Waals surface area contributed by atoms with Crippen LogP contribution >= 0.6 is 17.9 Å². The molecule has 1 unspecified atom stereocenters. The largest absolute Gasteiger partial charge is 0.580 e. The molecule has 7 heavy (non-hydrogen) atoms. The second-order valence-electron chi connectivity index (χ2n) is 0.636. The van der Waals surface area contributed by atoms with Crippen molar-refractivity contribution in [2.24, 2.45) is 0 Å². The summed E-state index contributed by atoms with van der Waals surface area (Å²) in [4.78, 5) is 9.34. The summed E-state index contributed by atoms with van der Waals surface area (Å²) < 4.78 is 28.3. The van der Waals surface area contributed by atoms with Gasteiger partial charge in [-0.15, -0.1) is 0 Å². The molecule has 7 heteroatoms. The average Bonchev–Trinajstić information content (AvgIpc) is 1.31. The third-order valence-corrected chi connectivity index (χ3v) is 2.62. The third-order valence-electron chi connectivity index (χ3n) is 0.178. The molecule has 0 fully saturated rings. The van der Waals surface area contributed by atoms with Gasteiger partial charge in [-0.2, -0.15) is 8.42 Å². The van der Waals surface area contributed by atoms with Gasteiger partial charge in [0.25, 0.3) is 0 Å². The first kappa shape index (κ1) is 7.30. The summed E-state index contributed by atoms with van der Waals surface area (Å²) in [6, 6.07) is 0. The SMILES string of the molecule is O=[P+]([O-])S(=O)(=O)Cl. The molecule has 42 valence electrons. The maximum Gasteiger partial charge on any atom is 0.458 e. The highest BCUT2D eigenvalue weighted by atomic mass is 35.7. The zero-order valence-electron chi connectivity index (χ0n) is 2.87. The minimum atomic E-state index is -4.31. The molecule has 0 N–H and O–H groups in total. The molecule has 0 radical (unpaired) electrons. The summed E-state index contributed by atoms with van der Waals surface area (Å²) in [6.07, 6.45) is 0. The Morgan fingerprint density at radius 3 is 1.71 bits per heavy atom. The summed E-state index contributed by atoms with van der Waals surface area (Å²) >= 11 is 0. The van der Waals surface area contributed by atoms with Gasteiger partial charge in [-0.3, -0.25) is 0 Å². The Hall–Kier alpha value is 0.300. The Balaban J connectivity index is 4.43. The molecule has 0 aromatic heterocycles. The quantitative estimate of drug-likeness (QED) is 0.387. The van der Waals surface area contributed by atoms with Gasteiger partial charge in [0.05, 0.1) is 10.7 Å². The lowest BCUT2D eigenvalue weighted by atomic mass is 15.9. The van der Waals surface area contributed by atoms with E-state index in [2.05, 4.69) is 10.7 Å². The molecule has 0 aliphatic carbocycles. The van der Waals surface area contributed by atoms with Gasteiger partial charge in [0, 0.05) is 0 Å². The minimum absolute atomic E-state index is 3.50. The van der Waals surface area contributed by atoms with Gasteiger partial charge < -0.3 is 4.89 Å². The van der Waals surface area contributed by atoms with E-state index in [9.17, 15) is 17.9 Å². The second kappa shape index (κ2) is 2.05. The highest BCUT2D eigenvalue weighted by Gasteiger charge is 2.20. The third kappa shape index (κ3) is 2.93. The molecule has 0 aliphatic heterocycles. The van der Waals surface area contributed by atoms with E-state index in [0.29, 0.717) is 0 Å². The molecule has 0 saturated heterocycles. The summed E-state index contributed by atoms with van der Waals surface area (Å²) in [6.45, 7) is 0. The molecule has 1 atom stereocenters. The van der Waals surface area contributed by atoms with Crippen molar-refractivity contribution in [3.63, 3.8) is 0 Å². The first-order chi connectivity index (χ1) is 2.94. The van der Waals surface area contributed by atoms with Gasteiger partial charge in [0.15, 0.2) is 0 Å². The van der Waals surface area contributed by atoms with E-state index in [4.69, 9.17) is 0 Å². The molecule has 0 saturated carbocycles. The lowest BCUT2D eigenvalue weighted by Gasteiger charge is -1.73. The fourth-order valence-corrected chi connectivity index (χ4v) is 0. The highest BCUT2D eigenvalue weighted by molar-refractivity contribution is 8.55. The number of hydrogen-bond donors (Lipinski definition) is 0. The summed E-state index contributed by atoms with van der Waals surface area (Å²) in [5.41, 5.74) is 0. The number of halogens is 1. The number of rotatable bonds is 1. The molecular weight excluding hydrogens is 162 g/mol. The van der Waals surface area contributed by atoms with Crippen LogP contribution in [0.3, 0.4) is 0 Å².